The zero-order chi connectivity index (χ0) is 12.3. The summed E-state index contributed by atoms with van der Waals surface area (Å²) in [5.41, 5.74) is -0.539. The first-order valence-corrected chi connectivity index (χ1v) is 4.67. The van der Waals surface area contributed by atoms with Crippen molar-refractivity contribution in [3.63, 3.8) is 0 Å². The normalized spacial score (nSPS) is 9.88. The molecule has 2 rings (SSSR count). The molecule has 0 fully saturated rings. The van der Waals surface area contributed by atoms with Crippen molar-refractivity contribution in [3.05, 3.63) is 46.5 Å². The van der Waals surface area contributed by atoms with E-state index in [2.05, 4.69) is 20.3 Å². The first kappa shape index (κ1) is 10.8. The maximum atomic E-state index is 11.7. The van der Waals surface area contributed by atoms with Crippen LogP contribution in [-0.2, 0) is 0 Å². The minimum Gasteiger partial charge on any atom is -0.494 e. The highest BCUT2D eigenvalue weighted by Gasteiger charge is 2.09. The van der Waals surface area contributed by atoms with Gasteiger partial charge in [0.25, 0.3) is 11.5 Å². The highest BCUT2D eigenvalue weighted by Crippen LogP contribution is 2.06. The summed E-state index contributed by atoms with van der Waals surface area (Å²) < 4.78 is 0. The number of aromatic nitrogens is 3. The average molecular weight is 232 g/mol. The maximum absolute atomic E-state index is 11.7. The molecule has 0 aliphatic rings. The van der Waals surface area contributed by atoms with Gasteiger partial charge in [-0.05, 0) is 6.07 Å². The molecule has 7 heteroatoms. The summed E-state index contributed by atoms with van der Waals surface area (Å²) in [5, 5.41) is 11.5. The second kappa shape index (κ2) is 4.44. The Balaban J connectivity index is 2.23. The lowest BCUT2D eigenvalue weighted by Gasteiger charge is -2.02. The van der Waals surface area contributed by atoms with Gasteiger partial charge in [-0.3, -0.25) is 19.9 Å². The third-order valence-electron chi connectivity index (χ3n) is 1.88. The molecule has 0 saturated carbocycles. The molecule has 0 aliphatic carbocycles. The molecule has 7 nitrogen and oxygen atoms in total. The van der Waals surface area contributed by atoms with Crippen molar-refractivity contribution in [2.75, 3.05) is 5.32 Å². The molecule has 0 saturated heterocycles. The van der Waals surface area contributed by atoms with Gasteiger partial charge in [-0.2, -0.15) is 0 Å². The molecular weight excluding hydrogens is 224 g/mol. The zero-order valence-corrected chi connectivity index (χ0v) is 8.54. The van der Waals surface area contributed by atoms with Crippen molar-refractivity contribution < 1.29 is 9.90 Å². The molecule has 0 spiro atoms. The Labute approximate surface area is 95.2 Å². The van der Waals surface area contributed by atoms with Gasteiger partial charge in [0.1, 0.15) is 0 Å². The van der Waals surface area contributed by atoms with Crippen LogP contribution in [-0.4, -0.2) is 26.0 Å². The highest BCUT2D eigenvalue weighted by molar-refractivity contribution is 6.03. The van der Waals surface area contributed by atoms with Crippen LogP contribution >= 0.6 is 0 Å². The quantitative estimate of drug-likeness (QED) is 0.681. The third kappa shape index (κ3) is 2.65. The van der Waals surface area contributed by atoms with Crippen molar-refractivity contribution in [3.8, 4) is 5.88 Å². The summed E-state index contributed by atoms with van der Waals surface area (Å²) in [6.07, 6.45) is 2.94. The van der Waals surface area contributed by atoms with Gasteiger partial charge in [0, 0.05) is 24.5 Å². The molecule has 0 unspecified atom stereocenters. The number of amides is 1. The molecule has 2 aromatic heterocycles. The van der Waals surface area contributed by atoms with E-state index in [1.165, 1.54) is 12.4 Å². The molecule has 2 aromatic rings. The number of aromatic amines is 1. The second-order valence-electron chi connectivity index (χ2n) is 3.15. The van der Waals surface area contributed by atoms with Crippen LogP contribution in [0.15, 0.2) is 35.4 Å². The van der Waals surface area contributed by atoms with Crippen molar-refractivity contribution in [1.29, 1.82) is 0 Å². The zero-order valence-electron chi connectivity index (χ0n) is 8.54. The molecule has 0 radical (unpaired) electrons. The van der Waals surface area contributed by atoms with Gasteiger partial charge in [-0.1, -0.05) is 0 Å². The third-order valence-corrected chi connectivity index (χ3v) is 1.88. The van der Waals surface area contributed by atoms with Crippen molar-refractivity contribution in [2.24, 2.45) is 0 Å². The number of nitrogens with one attached hydrogen (secondary N) is 2. The summed E-state index contributed by atoms with van der Waals surface area (Å²) in [6.45, 7) is 0. The summed E-state index contributed by atoms with van der Waals surface area (Å²) in [7, 11) is 0. The van der Waals surface area contributed by atoms with Gasteiger partial charge in [-0.15, -0.1) is 0 Å². The van der Waals surface area contributed by atoms with Gasteiger partial charge in [0.2, 0.25) is 5.95 Å². The van der Waals surface area contributed by atoms with E-state index < -0.39 is 11.5 Å². The summed E-state index contributed by atoms with van der Waals surface area (Å²) in [6, 6.07) is 3.81. The van der Waals surface area contributed by atoms with E-state index in [4.69, 9.17) is 5.11 Å². The number of rotatable bonds is 2. The van der Waals surface area contributed by atoms with E-state index in [0.717, 1.165) is 12.1 Å². The van der Waals surface area contributed by atoms with Crippen LogP contribution in [0.2, 0.25) is 0 Å². The number of aromatic hydroxyl groups is 1. The number of carbonyl (C=O) groups excluding carboxylic acids is 1. The molecule has 0 atom stereocenters. The van der Waals surface area contributed by atoms with Crippen LogP contribution in [0.4, 0.5) is 5.95 Å². The Morgan fingerprint density at radius 3 is 2.65 bits per heavy atom. The number of anilines is 1. The summed E-state index contributed by atoms with van der Waals surface area (Å²) >= 11 is 0. The molecule has 1 amide bonds. The molecule has 17 heavy (non-hydrogen) atoms. The number of pyridine rings is 1. The van der Waals surface area contributed by atoms with Crippen molar-refractivity contribution in [2.45, 2.75) is 0 Å². The number of H-pyrrole nitrogens is 1. The Kier molecular flexibility index (Phi) is 2.82. The van der Waals surface area contributed by atoms with Gasteiger partial charge in [0.05, 0.1) is 5.56 Å². The lowest BCUT2D eigenvalue weighted by atomic mass is 10.2. The minimum absolute atomic E-state index is 0.0266. The van der Waals surface area contributed by atoms with E-state index in [-0.39, 0.29) is 17.4 Å². The molecule has 0 aliphatic heterocycles. The Bertz CT molecular complexity index is 594. The Morgan fingerprint density at radius 1 is 1.29 bits per heavy atom. The molecule has 2 heterocycles. The number of nitrogens with zero attached hydrogens (tertiary/aromatic N) is 2. The predicted octanol–water partition coefficient (Wildman–Crippen LogP) is 0.123. The molecule has 3 N–H and O–H groups in total. The van der Waals surface area contributed by atoms with Crippen LogP contribution in [0.5, 0.6) is 5.88 Å². The fourth-order valence-corrected chi connectivity index (χ4v) is 1.20. The summed E-state index contributed by atoms with van der Waals surface area (Å²) in [5.74, 6) is -0.827. The largest absolute Gasteiger partial charge is 0.494 e. The van der Waals surface area contributed by atoms with Gasteiger partial charge in [-0.25, -0.2) is 9.97 Å². The number of hydrogen-bond acceptors (Lipinski definition) is 5. The molecule has 0 bridgehead atoms. The SMILES string of the molecule is O=C(Nc1ncccn1)c1cc(O)[nH]c(=O)c1. The Morgan fingerprint density at radius 2 is 2.00 bits per heavy atom. The van der Waals surface area contributed by atoms with E-state index in [1.54, 1.807) is 6.07 Å². The van der Waals surface area contributed by atoms with Crippen molar-refractivity contribution >= 4 is 11.9 Å². The van der Waals surface area contributed by atoms with Gasteiger partial charge in [0.15, 0.2) is 5.88 Å². The standard InChI is InChI=1S/C10H8N4O3/c15-7-4-6(5-8(16)13-7)9(17)14-10-11-2-1-3-12-10/h1-5H,(H2,13,15,16)(H,11,12,14,17). The fraction of sp³-hybridized carbons (Fsp3) is 0. The fourth-order valence-electron chi connectivity index (χ4n) is 1.20. The van der Waals surface area contributed by atoms with Crippen LogP contribution in [0.25, 0.3) is 0 Å². The number of hydrogen-bond donors (Lipinski definition) is 3. The monoisotopic (exact) mass is 232 g/mol. The average Bonchev–Trinajstić information content (AvgIpc) is 2.29. The first-order chi connectivity index (χ1) is 8.15. The summed E-state index contributed by atoms with van der Waals surface area (Å²) in [4.78, 5) is 32.4. The Hall–Kier alpha value is -2.70. The predicted molar refractivity (Wildman–Crippen MR) is 58.7 cm³/mol. The van der Waals surface area contributed by atoms with Gasteiger partial charge >= 0.3 is 0 Å². The number of carbonyl (C=O) groups is 1. The molecule has 0 aromatic carbocycles. The van der Waals surface area contributed by atoms with Crippen LogP contribution in [0.3, 0.4) is 0 Å². The smallest absolute Gasteiger partial charge is 0.258 e. The highest BCUT2D eigenvalue weighted by atomic mass is 16.3. The second-order valence-corrected chi connectivity index (χ2v) is 3.15. The molecular formula is C10H8N4O3. The van der Waals surface area contributed by atoms with Gasteiger partial charge < -0.3 is 5.11 Å². The van der Waals surface area contributed by atoms with E-state index in [0.29, 0.717) is 0 Å². The molecule has 86 valence electrons. The lowest BCUT2D eigenvalue weighted by Crippen LogP contribution is -2.17. The lowest BCUT2D eigenvalue weighted by molar-refractivity contribution is 0.102. The van der Waals surface area contributed by atoms with Crippen LogP contribution in [0.1, 0.15) is 10.4 Å². The topological polar surface area (TPSA) is 108 Å². The van der Waals surface area contributed by atoms with E-state index in [9.17, 15) is 9.59 Å². The van der Waals surface area contributed by atoms with Crippen LogP contribution in [0, 0.1) is 0 Å². The maximum Gasteiger partial charge on any atom is 0.258 e. The van der Waals surface area contributed by atoms with E-state index >= 15 is 0 Å². The van der Waals surface area contributed by atoms with E-state index in [1.807, 2.05) is 0 Å². The first-order valence-electron chi connectivity index (χ1n) is 4.67. The van der Waals surface area contributed by atoms with Crippen molar-refractivity contribution in [1.82, 2.24) is 15.0 Å². The van der Waals surface area contributed by atoms with Crippen LogP contribution < -0.4 is 10.9 Å². The minimum atomic E-state index is -0.572.